The minimum atomic E-state index is 1.01. The van der Waals surface area contributed by atoms with Crippen LogP contribution in [0.15, 0.2) is 134 Å². The van der Waals surface area contributed by atoms with Crippen molar-refractivity contribution in [2.75, 3.05) is 0 Å². The fourth-order valence-electron chi connectivity index (χ4n) is 7.64. The normalized spacial score (nSPS) is 12.3. The monoisotopic (exact) mass is 622 g/mol. The van der Waals surface area contributed by atoms with Crippen molar-refractivity contribution in [3.05, 3.63) is 134 Å². The number of hydrogen-bond donors (Lipinski definition) is 0. The number of benzene rings is 6. The van der Waals surface area contributed by atoms with Crippen molar-refractivity contribution in [1.29, 1.82) is 0 Å². The highest BCUT2D eigenvalue weighted by Crippen LogP contribution is 2.51. The Balaban J connectivity index is 1.45. The van der Waals surface area contributed by atoms with Crippen molar-refractivity contribution in [3.63, 3.8) is 0 Å². The van der Waals surface area contributed by atoms with E-state index in [0.717, 1.165) is 21.6 Å². The van der Waals surface area contributed by atoms with Gasteiger partial charge in [0.2, 0.25) is 0 Å². The molecule has 11 rings (SSSR count). The number of thiophene rings is 2. The van der Waals surface area contributed by atoms with Crippen LogP contribution in [0.25, 0.3) is 95.5 Å². The van der Waals surface area contributed by atoms with Crippen LogP contribution in [0, 0.1) is 0 Å². The first kappa shape index (κ1) is 24.7. The Labute approximate surface area is 270 Å². The number of nitrogens with zero attached hydrogens (tertiary/aromatic N) is 4. The molecule has 0 saturated heterocycles. The largest absolute Gasteiger partial charge is 0.308 e. The first-order valence-electron chi connectivity index (χ1n) is 15.3. The zero-order valence-corrected chi connectivity index (χ0v) is 25.9. The predicted molar refractivity (Wildman–Crippen MR) is 196 cm³/mol. The van der Waals surface area contributed by atoms with E-state index < -0.39 is 0 Å². The molecule has 0 N–H and O–H groups in total. The van der Waals surface area contributed by atoms with E-state index in [2.05, 4.69) is 135 Å². The second kappa shape index (κ2) is 9.01. The van der Waals surface area contributed by atoms with E-state index in [9.17, 15) is 0 Å². The van der Waals surface area contributed by atoms with Gasteiger partial charge in [-0.05, 0) is 48.5 Å². The molecule has 5 heterocycles. The molecule has 6 heteroatoms. The summed E-state index contributed by atoms with van der Waals surface area (Å²) in [6.07, 6.45) is 3.67. The average Bonchev–Trinajstić information content (AvgIpc) is 3.85. The first-order chi connectivity index (χ1) is 22.8. The molecule has 0 spiro atoms. The standard InChI is InChI=1S/C40H22N4S2/c1-2-10-23(11-3-1)43-31-16-8-5-14-27(31)35-37(43)34-26-13-4-7-15-30(26)44(38(34)36-29-21-41-22-42-40(29)46-39(35)36)24-18-19-33-28(20-24)25-12-6-9-17-32(25)45-33/h1-22H. The van der Waals surface area contributed by atoms with E-state index in [0.29, 0.717) is 0 Å². The maximum absolute atomic E-state index is 4.79. The van der Waals surface area contributed by atoms with Gasteiger partial charge in [0, 0.05) is 74.8 Å². The van der Waals surface area contributed by atoms with Crippen LogP contribution in [0.5, 0.6) is 0 Å². The molecule has 4 nitrogen and oxygen atoms in total. The fraction of sp³-hybridized carbons (Fsp3) is 0. The van der Waals surface area contributed by atoms with Gasteiger partial charge in [-0.2, -0.15) is 0 Å². The third-order valence-electron chi connectivity index (χ3n) is 9.45. The summed E-state index contributed by atoms with van der Waals surface area (Å²) >= 11 is 3.63. The first-order valence-corrected chi connectivity index (χ1v) is 17.0. The number of rotatable bonds is 2. The zero-order chi connectivity index (χ0) is 29.9. The van der Waals surface area contributed by atoms with Gasteiger partial charge in [0.25, 0.3) is 0 Å². The van der Waals surface area contributed by atoms with Crippen LogP contribution in [0.1, 0.15) is 0 Å². The van der Waals surface area contributed by atoms with Gasteiger partial charge in [-0.15, -0.1) is 22.7 Å². The molecular formula is C40H22N4S2. The Bertz CT molecular complexity index is 3030. The molecule has 0 fully saturated rings. The number of fused-ring (bicyclic) bond motifs is 15. The lowest BCUT2D eigenvalue weighted by Crippen LogP contribution is -1.96. The molecule has 0 bridgehead atoms. The maximum atomic E-state index is 4.79. The molecule has 0 unspecified atom stereocenters. The van der Waals surface area contributed by atoms with Crippen LogP contribution in [0.2, 0.25) is 0 Å². The van der Waals surface area contributed by atoms with Crippen molar-refractivity contribution in [3.8, 4) is 11.4 Å². The summed E-state index contributed by atoms with van der Waals surface area (Å²) in [5.41, 5.74) is 7.12. The molecule has 0 amide bonds. The van der Waals surface area contributed by atoms with E-state index in [4.69, 9.17) is 4.98 Å². The van der Waals surface area contributed by atoms with Crippen molar-refractivity contribution < 1.29 is 0 Å². The van der Waals surface area contributed by atoms with E-state index >= 15 is 0 Å². The Morgan fingerprint density at radius 2 is 1.11 bits per heavy atom. The SMILES string of the molecule is c1ccc(-n2c3ccccc3c3c4sc5ncncc5c4c4c(c5ccccc5n4-c4ccc5sc6ccccc6c5c4)c32)cc1. The lowest BCUT2D eigenvalue weighted by atomic mass is 10.0. The maximum Gasteiger partial charge on any atom is 0.127 e. The Morgan fingerprint density at radius 3 is 1.91 bits per heavy atom. The fourth-order valence-corrected chi connectivity index (χ4v) is 9.90. The average molecular weight is 623 g/mol. The quantitative estimate of drug-likeness (QED) is 0.192. The molecule has 46 heavy (non-hydrogen) atoms. The molecule has 0 atom stereocenters. The van der Waals surface area contributed by atoms with Gasteiger partial charge in [0.05, 0.1) is 22.1 Å². The summed E-state index contributed by atoms with van der Waals surface area (Å²) in [6.45, 7) is 0. The predicted octanol–water partition coefficient (Wildman–Crippen LogP) is 11.4. The minimum absolute atomic E-state index is 1.01. The van der Waals surface area contributed by atoms with E-state index in [1.54, 1.807) is 17.7 Å². The highest BCUT2D eigenvalue weighted by molar-refractivity contribution is 7.26. The molecular weight excluding hydrogens is 601 g/mol. The van der Waals surface area contributed by atoms with Gasteiger partial charge in [-0.25, -0.2) is 9.97 Å². The third-order valence-corrected chi connectivity index (χ3v) is 11.7. The smallest absolute Gasteiger partial charge is 0.127 e. The molecule has 0 saturated carbocycles. The van der Waals surface area contributed by atoms with E-state index in [-0.39, 0.29) is 0 Å². The highest BCUT2D eigenvalue weighted by Gasteiger charge is 2.27. The van der Waals surface area contributed by atoms with Crippen LogP contribution in [0.3, 0.4) is 0 Å². The Hall–Kier alpha value is -5.56. The van der Waals surface area contributed by atoms with Gasteiger partial charge in [0.15, 0.2) is 0 Å². The lowest BCUT2D eigenvalue weighted by Gasteiger charge is -2.12. The number of hydrogen-bond acceptors (Lipinski definition) is 4. The van der Waals surface area contributed by atoms with Gasteiger partial charge in [-0.3, -0.25) is 0 Å². The third kappa shape index (κ3) is 3.12. The van der Waals surface area contributed by atoms with Crippen molar-refractivity contribution in [2.24, 2.45) is 0 Å². The molecule has 0 aliphatic rings. The second-order valence-electron chi connectivity index (χ2n) is 11.8. The van der Waals surface area contributed by atoms with E-state index in [1.165, 1.54) is 73.9 Å². The molecule has 0 aliphatic heterocycles. The van der Waals surface area contributed by atoms with E-state index in [1.807, 2.05) is 17.5 Å². The summed E-state index contributed by atoms with van der Waals surface area (Å²) in [4.78, 5) is 10.3. The van der Waals surface area contributed by atoms with Crippen molar-refractivity contribution in [2.45, 2.75) is 0 Å². The molecule has 0 aliphatic carbocycles. The molecule has 5 aromatic heterocycles. The molecule has 6 aromatic carbocycles. The van der Waals surface area contributed by atoms with Crippen molar-refractivity contribution >= 4 is 107 Å². The number of aromatic nitrogens is 4. The molecule has 0 radical (unpaired) electrons. The van der Waals surface area contributed by atoms with Gasteiger partial charge >= 0.3 is 0 Å². The van der Waals surface area contributed by atoms with Crippen LogP contribution >= 0.6 is 22.7 Å². The summed E-state index contributed by atoms with van der Waals surface area (Å²) in [7, 11) is 0. The second-order valence-corrected chi connectivity index (χ2v) is 13.9. The summed E-state index contributed by atoms with van der Waals surface area (Å²) in [6, 6.07) is 44.2. The van der Waals surface area contributed by atoms with Crippen LogP contribution < -0.4 is 0 Å². The van der Waals surface area contributed by atoms with Gasteiger partial charge in [0.1, 0.15) is 11.2 Å². The Kier molecular flexibility index (Phi) is 4.84. The topological polar surface area (TPSA) is 35.6 Å². The zero-order valence-electron chi connectivity index (χ0n) is 24.3. The van der Waals surface area contributed by atoms with Gasteiger partial charge in [-0.1, -0.05) is 72.8 Å². The lowest BCUT2D eigenvalue weighted by molar-refractivity contribution is 1.18. The summed E-state index contributed by atoms with van der Waals surface area (Å²) in [5.74, 6) is 0. The number of para-hydroxylation sites is 3. The van der Waals surface area contributed by atoms with Crippen molar-refractivity contribution in [1.82, 2.24) is 19.1 Å². The Morgan fingerprint density at radius 1 is 0.478 bits per heavy atom. The van der Waals surface area contributed by atoms with Crippen LogP contribution in [-0.4, -0.2) is 19.1 Å². The minimum Gasteiger partial charge on any atom is -0.308 e. The summed E-state index contributed by atoms with van der Waals surface area (Å²) < 4.78 is 8.82. The van der Waals surface area contributed by atoms with Gasteiger partial charge < -0.3 is 9.13 Å². The van der Waals surface area contributed by atoms with Crippen LogP contribution in [-0.2, 0) is 0 Å². The van der Waals surface area contributed by atoms with Crippen LogP contribution in [0.4, 0.5) is 0 Å². The highest BCUT2D eigenvalue weighted by atomic mass is 32.1. The molecule has 214 valence electrons. The summed E-state index contributed by atoms with van der Waals surface area (Å²) in [5, 5.41) is 9.90. The molecule has 11 aromatic rings.